The molecule has 7 nitrogen and oxygen atoms in total. The number of halogens is 1. The first-order valence-corrected chi connectivity index (χ1v) is 10.2. The second kappa shape index (κ2) is 8.44. The lowest BCUT2D eigenvalue weighted by molar-refractivity contribution is -0.135. The van der Waals surface area contributed by atoms with Crippen molar-refractivity contribution in [2.45, 2.75) is 31.2 Å². The van der Waals surface area contributed by atoms with E-state index in [1.165, 1.54) is 18.3 Å². The fourth-order valence-electron chi connectivity index (χ4n) is 2.69. The van der Waals surface area contributed by atoms with Crippen LogP contribution in [-0.2, 0) is 14.8 Å². The summed E-state index contributed by atoms with van der Waals surface area (Å²) >= 11 is 5.71. The number of likely N-dealkylation sites (N-methyl/N-ethyl adjacent to an activating group) is 1. The molecule has 0 bridgehead atoms. The first kappa shape index (κ1) is 20.1. The molecule has 0 unspecified atom stereocenters. The van der Waals surface area contributed by atoms with E-state index in [2.05, 4.69) is 14.6 Å². The Hall–Kier alpha value is -1.22. The van der Waals surface area contributed by atoms with E-state index in [9.17, 15) is 13.2 Å². The largest absolute Gasteiger partial charge is 0.339 e. The average molecular weight is 389 g/mol. The van der Waals surface area contributed by atoms with Gasteiger partial charge in [-0.05, 0) is 31.5 Å². The van der Waals surface area contributed by atoms with E-state index in [1.807, 2.05) is 20.9 Å². The lowest BCUT2D eigenvalue weighted by Crippen LogP contribution is -2.54. The van der Waals surface area contributed by atoms with Gasteiger partial charge in [-0.2, -0.15) is 4.72 Å². The first-order valence-electron chi connectivity index (χ1n) is 8.30. The lowest BCUT2D eigenvalue weighted by Gasteiger charge is -2.35. The number of pyridine rings is 1. The molecule has 0 saturated carbocycles. The van der Waals surface area contributed by atoms with Crippen molar-refractivity contribution in [3.63, 3.8) is 0 Å². The molecule has 0 radical (unpaired) electrons. The third kappa shape index (κ3) is 5.64. The molecule has 1 aromatic heterocycles. The predicted octanol–water partition coefficient (Wildman–Crippen LogP) is 1.20. The number of amides is 1. The summed E-state index contributed by atoms with van der Waals surface area (Å²) in [6.07, 6.45) is 1.63. The molecule has 2 rings (SSSR count). The zero-order valence-electron chi connectivity index (χ0n) is 14.8. The number of rotatable bonds is 6. The zero-order chi connectivity index (χ0) is 18.6. The highest BCUT2D eigenvalue weighted by Crippen LogP contribution is 2.15. The maximum Gasteiger partial charge on any atom is 0.242 e. The average Bonchev–Trinajstić information content (AvgIpc) is 2.54. The minimum Gasteiger partial charge on any atom is -0.339 e. The Labute approximate surface area is 154 Å². The van der Waals surface area contributed by atoms with Crippen LogP contribution in [0.5, 0.6) is 0 Å². The van der Waals surface area contributed by atoms with Gasteiger partial charge in [-0.15, -0.1) is 0 Å². The van der Waals surface area contributed by atoms with Gasteiger partial charge in [0, 0.05) is 32.4 Å². The second-order valence-corrected chi connectivity index (χ2v) is 8.85. The van der Waals surface area contributed by atoms with E-state index in [0.717, 1.165) is 13.1 Å². The third-order valence-corrected chi connectivity index (χ3v) is 5.81. The molecule has 9 heteroatoms. The summed E-state index contributed by atoms with van der Waals surface area (Å²) in [7, 11) is -1.84. The van der Waals surface area contributed by atoms with E-state index in [-0.39, 0.29) is 21.9 Å². The molecule has 0 aliphatic carbocycles. The number of carbonyl (C=O) groups excluding carboxylic acids is 1. The molecule has 1 amide bonds. The van der Waals surface area contributed by atoms with Crippen molar-refractivity contribution in [3.8, 4) is 0 Å². The number of hydrogen-bond acceptors (Lipinski definition) is 5. The summed E-state index contributed by atoms with van der Waals surface area (Å²) in [5, 5.41) is 0.214. The van der Waals surface area contributed by atoms with Crippen LogP contribution in [0, 0.1) is 5.92 Å². The van der Waals surface area contributed by atoms with Crippen LogP contribution in [0.15, 0.2) is 23.2 Å². The Morgan fingerprint density at radius 2 is 1.92 bits per heavy atom. The number of carbonyl (C=O) groups is 1. The van der Waals surface area contributed by atoms with Crippen LogP contribution < -0.4 is 4.72 Å². The molecule has 1 N–H and O–H groups in total. The lowest BCUT2D eigenvalue weighted by atomic mass is 10.0. The van der Waals surface area contributed by atoms with Crippen LogP contribution in [0.25, 0.3) is 0 Å². The van der Waals surface area contributed by atoms with Crippen molar-refractivity contribution in [3.05, 3.63) is 23.5 Å². The van der Waals surface area contributed by atoms with Crippen LogP contribution in [-0.4, -0.2) is 68.4 Å². The van der Waals surface area contributed by atoms with Gasteiger partial charge < -0.3 is 9.80 Å². The van der Waals surface area contributed by atoms with Crippen molar-refractivity contribution in [1.29, 1.82) is 0 Å². The number of nitrogens with zero attached hydrogens (tertiary/aromatic N) is 3. The minimum atomic E-state index is -3.85. The number of hydrogen-bond donors (Lipinski definition) is 1. The van der Waals surface area contributed by atoms with Crippen molar-refractivity contribution >= 4 is 27.5 Å². The molecule has 1 aromatic rings. The van der Waals surface area contributed by atoms with Crippen molar-refractivity contribution < 1.29 is 13.2 Å². The number of piperazine rings is 1. The molecule has 0 aromatic carbocycles. The molecule has 1 aliphatic rings. The molecule has 1 saturated heterocycles. The van der Waals surface area contributed by atoms with Crippen molar-refractivity contribution in [2.75, 3.05) is 33.2 Å². The SMILES string of the molecule is CC(C)C[C@@H](NS(=O)(=O)c1ccc(Cl)nc1)C(=O)N1CCN(C)CC1. The molecular weight excluding hydrogens is 364 g/mol. The van der Waals surface area contributed by atoms with Gasteiger partial charge in [-0.25, -0.2) is 13.4 Å². The van der Waals surface area contributed by atoms with Gasteiger partial charge in [0.25, 0.3) is 0 Å². The number of nitrogens with one attached hydrogen (secondary N) is 1. The van der Waals surface area contributed by atoms with Gasteiger partial charge >= 0.3 is 0 Å². The van der Waals surface area contributed by atoms with Gasteiger partial charge in [-0.1, -0.05) is 25.4 Å². The second-order valence-electron chi connectivity index (χ2n) is 6.75. The van der Waals surface area contributed by atoms with Gasteiger partial charge in [0.2, 0.25) is 15.9 Å². The molecule has 1 fully saturated rings. The monoisotopic (exact) mass is 388 g/mol. The van der Waals surface area contributed by atoms with E-state index < -0.39 is 16.1 Å². The summed E-state index contributed by atoms with van der Waals surface area (Å²) < 4.78 is 27.8. The standard InChI is InChI=1S/C16H25ClN4O3S/c1-12(2)10-14(16(22)21-8-6-20(3)7-9-21)19-25(23,24)13-4-5-15(17)18-11-13/h4-5,11-12,14,19H,6-10H2,1-3H3/t14-/m1/s1. The molecule has 0 spiro atoms. The topological polar surface area (TPSA) is 82.6 Å². The quantitative estimate of drug-likeness (QED) is 0.740. The third-order valence-electron chi connectivity index (χ3n) is 4.13. The Kier molecular flexibility index (Phi) is 6.79. The Balaban J connectivity index is 2.16. The zero-order valence-corrected chi connectivity index (χ0v) is 16.3. The van der Waals surface area contributed by atoms with Gasteiger partial charge in [-0.3, -0.25) is 4.79 Å². The van der Waals surface area contributed by atoms with E-state index in [4.69, 9.17) is 11.6 Å². The van der Waals surface area contributed by atoms with Crippen LogP contribution in [0.4, 0.5) is 0 Å². The highest BCUT2D eigenvalue weighted by atomic mass is 35.5. The highest BCUT2D eigenvalue weighted by Gasteiger charge is 2.31. The molecule has 140 valence electrons. The molecule has 1 atom stereocenters. The maximum atomic E-state index is 12.8. The van der Waals surface area contributed by atoms with Crippen LogP contribution in [0.2, 0.25) is 5.15 Å². The summed E-state index contributed by atoms with van der Waals surface area (Å²) in [6, 6.07) is 2.00. The highest BCUT2D eigenvalue weighted by molar-refractivity contribution is 7.89. The fourth-order valence-corrected chi connectivity index (χ4v) is 3.95. The van der Waals surface area contributed by atoms with E-state index in [1.54, 1.807) is 4.90 Å². The normalized spacial score (nSPS) is 17.7. The minimum absolute atomic E-state index is 0.00293. The molecular formula is C16H25ClN4O3S. The summed E-state index contributed by atoms with van der Waals surface area (Å²) in [5.74, 6) is -0.000227. The van der Waals surface area contributed by atoms with Gasteiger partial charge in [0.1, 0.15) is 16.1 Å². The van der Waals surface area contributed by atoms with Crippen molar-refractivity contribution in [2.24, 2.45) is 5.92 Å². The number of sulfonamides is 1. The summed E-state index contributed by atoms with van der Waals surface area (Å²) in [6.45, 7) is 6.70. The van der Waals surface area contributed by atoms with Crippen LogP contribution in [0.1, 0.15) is 20.3 Å². The first-order chi connectivity index (χ1) is 11.7. The van der Waals surface area contributed by atoms with Crippen LogP contribution in [0.3, 0.4) is 0 Å². The Morgan fingerprint density at radius 3 is 2.44 bits per heavy atom. The Morgan fingerprint density at radius 1 is 1.28 bits per heavy atom. The summed E-state index contributed by atoms with van der Waals surface area (Å²) in [5.41, 5.74) is 0. The molecule has 25 heavy (non-hydrogen) atoms. The number of aromatic nitrogens is 1. The smallest absolute Gasteiger partial charge is 0.242 e. The molecule has 2 heterocycles. The fraction of sp³-hybridized carbons (Fsp3) is 0.625. The van der Waals surface area contributed by atoms with E-state index >= 15 is 0 Å². The van der Waals surface area contributed by atoms with Crippen molar-refractivity contribution in [1.82, 2.24) is 19.5 Å². The van der Waals surface area contributed by atoms with Gasteiger partial charge in [0.15, 0.2) is 0 Å². The molecule has 1 aliphatic heterocycles. The van der Waals surface area contributed by atoms with E-state index in [0.29, 0.717) is 19.5 Å². The Bertz CT molecular complexity index is 686. The predicted molar refractivity (Wildman–Crippen MR) is 96.9 cm³/mol. The van der Waals surface area contributed by atoms with Gasteiger partial charge in [0.05, 0.1) is 0 Å². The summed E-state index contributed by atoms with van der Waals surface area (Å²) in [4.78, 5) is 20.5. The maximum absolute atomic E-state index is 12.8. The van der Waals surface area contributed by atoms with Crippen LogP contribution >= 0.6 is 11.6 Å².